The van der Waals surface area contributed by atoms with Gasteiger partial charge in [0.25, 0.3) is 0 Å². The predicted octanol–water partition coefficient (Wildman–Crippen LogP) is 3.40. The highest BCUT2D eigenvalue weighted by Gasteiger charge is 2.38. The number of anilines is 1. The van der Waals surface area contributed by atoms with Crippen LogP contribution >= 0.6 is 0 Å². The van der Waals surface area contributed by atoms with Crippen LogP contribution in [0.4, 0.5) is 18.9 Å². The maximum Gasteiger partial charge on any atom is 0.418 e. The van der Waals surface area contributed by atoms with Crippen LogP contribution in [0.15, 0.2) is 18.2 Å². The molecule has 3 nitrogen and oxygen atoms in total. The molecule has 0 fully saturated rings. The van der Waals surface area contributed by atoms with Gasteiger partial charge in [0.15, 0.2) is 0 Å². The smallest absolute Gasteiger partial charge is 0.273 e. The number of rotatable bonds is 2. The summed E-state index contributed by atoms with van der Waals surface area (Å²) in [5.74, 6) is 0. The molecule has 0 radical (unpaired) electrons. The average molecular weight is 309 g/mol. The average Bonchev–Trinajstić information content (AvgIpc) is 2.23. The highest BCUT2D eigenvalue weighted by molar-refractivity contribution is 7.92. The van der Waals surface area contributed by atoms with Gasteiger partial charge in [0, 0.05) is 7.05 Å². The standard InChI is InChI=1S/C13H18F3NO2S/c1-12(2,3)9-7-6-8-10(13(14,15)16)11(9)17(4)20(5,18)19/h6-8H,1-5H3. The molecule has 1 rings (SSSR count). The Hall–Kier alpha value is -1.24. The summed E-state index contributed by atoms with van der Waals surface area (Å²) in [7, 11) is -2.65. The molecule has 7 heteroatoms. The highest BCUT2D eigenvalue weighted by atomic mass is 32.2. The second-order valence-corrected chi connectivity index (χ2v) is 7.69. The van der Waals surface area contributed by atoms with Crippen molar-refractivity contribution >= 4 is 15.7 Å². The fourth-order valence-electron chi connectivity index (χ4n) is 1.88. The van der Waals surface area contributed by atoms with Gasteiger partial charge in [-0.15, -0.1) is 0 Å². The number of nitrogens with zero attached hydrogens (tertiary/aromatic N) is 1. The molecule has 1 aromatic rings. The van der Waals surface area contributed by atoms with Crippen LogP contribution in [0.1, 0.15) is 31.9 Å². The molecule has 0 aromatic heterocycles. The molecule has 0 bridgehead atoms. The molecular weight excluding hydrogens is 291 g/mol. The van der Waals surface area contributed by atoms with Gasteiger partial charge in [0.05, 0.1) is 17.5 Å². The molecule has 0 N–H and O–H groups in total. The molecule has 0 aliphatic rings. The topological polar surface area (TPSA) is 37.4 Å². The van der Waals surface area contributed by atoms with Crippen molar-refractivity contribution in [3.05, 3.63) is 29.3 Å². The van der Waals surface area contributed by atoms with Crippen molar-refractivity contribution in [2.75, 3.05) is 17.6 Å². The van der Waals surface area contributed by atoms with Crippen LogP contribution in [0, 0.1) is 0 Å². The predicted molar refractivity (Wildman–Crippen MR) is 73.4 cm³/mol. The SMILES string of the molecule is CN(c1c(C(C)(C)C)cccc1C(F)(F)F)S(C)(=O)=O. The molecule has 1 aromatic carbocycles. The van der Waals surface area contributed by atoms with E-state index in [1.807, 2.05) is 0 Å². The van der Waals surface area contributed by atoms with E-state index in [1.54, 1.807) is 20.8 Å². The van der Waals surface area contributed by atoms with E-state index in [-0.39, 0.29) is 5.69 Å². The molecule has 0 heterocycles. The Morgan fingerprint density at radius 2 is 1.50 bits per heavy atom. The molecule has 0 unspecified atom stereocenters. The largest absolute Gasteiger partial charge is 0.418 e. The van der Waals surface area contributed by atoms with Gasteiger partial charge in [0.2, 0.25) is 10.0 Å². The first-order valence-corrected chi connectivity index (χ1v) is 7.75. The molecule has 0 amide bonds. The maximum absolute atomic E-state index is 13.1. The minimum absolute atomic E-state index is 0.310. The molecule has 0 spiro atoms. The molecular formula is C13H18F3NO2S. The number of para-hydroxylation sites is 1. The molecule has 0 saturated heterocycles. The third-order valence-electron chi connectivity index (χ3n) is 2.96. The van der Waals surface area contributed by atoms with E-state index in [9.17, 15) is 21.6 Å². The van der Waals surface area contributed by atoms with Crippen LogP contribution < -0.4 is 4.31 Å². The van der Waals surface area contributed by atoms with Gasteiger partial charge in [-0.25, -0.2) is 8.42 Å². The lowest BCUT2D eigenvalue weighted by molar-refractivity contribution is -0.137. The van der Waals surface area contributed by atoms with Crippen LogP contribution in [0.3, 0.4) is 0 Å². The Morgan fingerprint density at radius 1 is 1.05 bits per heavy atom. The molecule has 0 atom stereocenters. The van der Waals surface area contributed by atoms with E-state index in [1.165, 1.54) is 12.1 Å². The lowest BCUT2D eigenvalue weighted by atomic mass is 9.84. The van der Waals surface area contributed by atoms with Crippen molar-refractivity contribution in [1.82, 2.24) is 0 Å². The second-order valence-electron chi connectivity index (χ2n) is 5.68. The summed E-state index contributed by atoms with van der Waals surface area (Å²) in [5, 5.41) is 0. The Morgan fingerprint density at radius 3 is 1.85 bits per heavy atom. The Kier molecular flexibility index (Phi) is 4.16. The minimum Gasteiger partial charge on any atom is -0.273 e. The number of halogens is 3. The summed E-state index contributed by atoms with van der Waals surface area (Å²) < 4.78 is 63.4. The van der Waals surface area contributed by atoms with Crippen molar-refractivity contribution in [3.63, 3.8) is 0 Å². The van der Waals surface area contributed by atoms with Gasteiger partial charge in [-0.2, -0.15) is 13.2 Å². The van der Waals surface area contributed by atoms with E-state index in [0.29, 0.717) is 9.87 Å². The molecule has 0 saturated carbocycles. The van der Waals surface area contributed by atoms with Gasteiger partial charge in [-0.05, 0) is 17.0 Å². The third kappa shape index (κ3) is 3.45. The first-order valence-electron chi connectivity index (χ1n) is 5.91. The van der Waals surface area contributed by atoms with Crippen LogP contribution in [0.2, 0.25) is 0 Å². The lowest BCUT2D eigenvalue weighted by Gasteiger charge is -2.30. The summed E-state index contributed by atoms with van der Waals surface area (Å²) in [5.41, 5.74) is -1.54. The van der Waals surface area contributed by atoms with Gasteiger partial charge in [-0.1, -0.05) is 32.9 Å². The van der Waals surface area contributed by atoms with Crippen LogP contribution in [-0.2, 0) is 21.6 Å². The van der Waals surface area contributed by atoms with Gasteiger partial charge in [0.1, 0.15) is 0 Å². The number of benzene rings is 1. The summed E-state index contributed by atoms with van der Waals surface area (Å²) in [4.78, 5) is 0. The summed E-state index contributed by atoms with van der Waals surface area (Å²) in [6.07, 6.45) is -3.73. The normalized spacial score (nSPS) is 13.4. The fourth-order valence-corrected chi connectivity index (χ4v) is 2.41. The quantitative estimate of drug-likeness (QED) is 0.839. The number of hydrogen-bond acceptors (Lipinski definition) is 2. The van der Waals surface area contributed by atoms with E-state index < -0.39 is 27.2 Å². The molecule has 20 heavy (non-hydrogen) atoms. The third-order valence-corrected chi connectivity index (χ3v) is 4.14. The Labute approximate surface area is 117 Å². The van der Waals surface area contributed by atoms with Crippen molar-refractivity contribution < 1.29 is 21.6 Å². The van der Waals surface area contributed by atoms with Crippen molar-refractivity contribution in [2.24, 2.45) is 0 Å². The first kappa shape index (κ1) is 16.8. The minimum atomic E-state index is -4.62. The number of sulfonamides is 1. The van der Waals surface area contributed by atoms with E-state index in [2.05, 4.69) is 0 Å². The van der Waals surface area contributed by atoms with E-state index in [0.717, 1.165) is 19.4 Å². The molecule has 114 valence electrons. The monoisotopic (exact) mass is 309 g/mol. The van der Waals surface area contributed by atoms with E-state index in [4.69, 9.17) is 0 Å². The zero-order valence-electron chi connectivity index (χ0n) is 12.0. The number of alkyl halides is 3. The molecule has 0 aliphatic heterocycles. The zero-order chi connectivity index (χ0) is 15.9. The number of hydrogen-bond donors (Lipinski definition) is 0. The van der Waals surface area contributed by atoms with Crippen LogP contribution in [0.25, 0.3) is 0 Å². The zero-order valence-corrected chi connectivity index (χ0v) is 12.9. The van der Waals surface area contributed by atoms with Crippen LogP contribution in [0.5, 0.6) is 0 Å². The highest BCUT2D eigenvalue weighted by Crippen LogP contribution is 2.42. The molecule has 0 aliphatic carbocycles. The van der Waals surface area contributed by atoms with Crippen molar-refractivity contribution in [3.8, 4) is 0 Å². The Balaban J connectivity index is 3.75. The fraction of sp³-hybridized carbons (Fsp3) is 0.538. The van der Waals surface area contributed by atoms with Gasteiger partial charge >= 0.3 is 6.18 Å². The van der Waals surface area contributed by atoms with Gasteiger partial charge in [-0.3, -0.25) is 4.31 Å². The maximum atomic E-state index is 13.1. The lowest BCUT2D eigenvalue weighted by Crippen LogP contribution is -2.30. The van der Waals surface area contributed by atoms with Gasteiger partial charge < -0.3 is 0 Å². The summed E-state index contributed by atoms with van der Waals surface area (Å²) in [6, 6.07) is 3.71. The van der Waals surface area contributed by atoms with Crippen molar-refractivity contribution in [1.29, 1.82) is 0 Å². The second kappa shape index (κ2) is 4.95. The summed E-state index contributed by atoms with van der Waals surface area (Å²) >= 11 is 0. The van der Waals surface area contributed by atoms with Crippen molar-refractivity contribution in [2.45, 2.75) is 32.4 Å². The first-order chi connectivity index (χ1) is 8.76. The Bertz CT molecular complexity index is 569. The van der Waals surface area contributed by atoms with E-state index >= 15 is 0 Å². The van der Waals surface area contributed by atoms with Crippen LogP contribution in [-0.4, -0.2) is 21.7 Å². The summed E-state index contributed by atoms with van der Waals surface area (Å²) in [6.45, 7) is 5.21.